The van der Waals surface area contributed by atoms with E-state index in [-0.39, 0.29) is 30.3 Å². The van der Waals surface area contributed by atoms with Gasteiger partial charge in [-0.15, -0.1) is 0 Å². The zero-order valence-corrected chi connectivity index (χ0v) is 10.1. The van der Waals surface area contributed by atoms with Crippen LogP contribution in [0.4, 0.5) is 0 Å². The minimum atomic E-state index is -0.798. The van der Waals surface area contributed by atoms with Crippen molar-refractivity contribution < 1.29 is 14.7 Å². The molecule has 0 aromatic rings. The van der Waals surface area contributed by atoms with Crippen molar-refractivity contribution in [3.8, 4) is 0 Å². The maximum absolute atomic E-state index is 11.8. The van der Waals surface area contributed by atoms with Crippen LogP contribution in [0.5, 0.6) is 0 Å². The summed E-state index contributed by atoms with van der Waals surface area (Å²) < 4.78 is 0. The van der Waals surface area contributed by atoms with Crippen LogP contribution in [-0.2, 0) is 9.59 Å². The predicted molar refractivity (Wildman–Crippen MR) is 64.3 cm³/mol. The average Bonchev–Trinajstić information content (AvgIpc) is 2.64. The lowest BCUT2D eigenvalue weighted by molar-refractivity contribution is -0.137. The Hall–Kier alpha value is -1.36. The van der Waals surface area contributed by atoms with E-state index in [2.05, 4.69) is 5.32 Å². The van der Waals surface area contributed by atoms with Gasteiger partial charge in [0.05, 0.1) is 5.92 Å². The fourth-order valence-corrected chi connectivity index (χ4v) is 1.90. The van der Waals surface area contributed by atoms with E-state index < -0.39 is 5.97 Å². The standard InChI is InChI=1S/C12H20N2O3/c1-8(3-2-4-11(15)16)14-12(17)9-5-6-10(13)7-9/h5-6,8-10H,2-4,7,13H2,1H3,(H,14,17)(H,15,16). The van der Waals surface area contributed by atoms with Crippen LogP contribution in [0.25, 0.3) is 0 Å². The summed E-state index contributed by atoms with van der Waals surface area (Å²) >= 11 is 0. The zero-order valence-electron chi connectivity index (χ0n) is 10.1. The molecule has 0 radical (unpaired) electrons. The Bertz CT molecular complexity index is 315. The molecule has 0 heterocycles. The lowest BCUT2D eigenvalue weighted by atomic mass is 10.1. The van der Waals surface area contributed by atoms with Crippen LogP contribution in [0.2, 0.25) is 0 Å². The molecule has 4 N–H and O–H groups in total. The fraction of sp³-hybridized carbons (Fsp3) is 0.667. The van der Waals surface area contributed by atoms with E-state index in [1.165, 1.54) is 0 Å². The normalized spacial score (nSPS) is 24.6. The van der Waals surface area contributed by atoms with E-state index in [1.54, 1.807) is 0 Å². The molecule has 0 aromatic carbocycles. The van der Waals surface area contributed by atoms with Gasteiger partial charge in [-0.05, 0) is 26.2 Å². The molecule has 17 heavy (non-hydrogen) atoms. The number of amides is 1. The van der Waals surface area contributed by atoms with Gasteiger partial charge >= 0.3 is 5.97 Å². The first-order valence-corrected chi connectivity index (χ1v) is 5.95. The Morgan fingerprint density at radius 3 is 2.76 bits per heavy atom. The van der Waals surface area contributed by atoms with Gasteiger partial charge in [0.1, 0.15) is 0 Å². The number of hydrogen-bond acceptors (Lipinski definition) is 3. The molecule has 0 fully saturated rings. The van der Waals surface area contributed by atoms with Gasteiger partial charge < -0.3 is 16.2 Å². The smallest absolute Gasteiger partial charge is 0.303 e. The van der Waals surface area contributed by atoms with Crippen molar-refractivity contribution in [2.45, 2.75) is 44.7 Å². The molecule has 5 nitrogen and oxygen atoms in total. The van der Waals surface area contributed by atoms with E-state index in [1.807, 2.05) is 19.1 Å². The molecule has 0 saturated heterocycles. The van der Waals surface area contributed by atoms with E-state index in [0.717, 1.165) is 0 Å². The second-order valence-corrected chi connectivity index (χ2v) is 4.59. The van der Waals surface area contributed by atoms with Crippen LogP contribution in [0, 0.1) is 5.92 Å². The second kappa shape index (κ2) is 6.39. The third-order valence-electron chi connectivity index (χ3n) is 2.87. The number of aliphatic carboxylic acids is 1. The van der Waals surface area contributed by atoms with Crippen molar-refractivity contribution in [2.24, 2.45) is 11.7 Å². The lowest BCUT2D eigenvalue weighted by Gasteiger charge is -2.16. The summed E-state index contributed by atoms with van der Waals surface area (Å²) in [6.07, 6.45) is 5.75. The number of carbonyl (C=O) groups excluding carboxylic acids is 1. The first-order chi connectivity index (χ1) is 7.99. The van der Waals surface area contributed by atoms with Gasteiger partial charge in [0.2, 0.25) is 5.91 Å². The zero-order chi connectivity index (χ0) is 12.8. The number of rotatable bonds is 6. The molecule has 5 heteroatoms. The maximum Gasteiger partial charge on any atom is 0.303 e. The number of hydrogen-bond donors (Lipinski definition) is 3. The number of carboxylic acids is 1. The van der Waals surface area contributed by atoms with E-state index in [4.69, 9.17) is 10.8 Å². The molecule has 1 aliphatic rings. The summed E-state index contributed by atoms with van der Waals surface area (Å²) in [6, 6.07) is -0.0138. The molecule has 0 aliphatic heterocycles. The summed E-state index contributed by atoms with van der Waals surface area (Å²) in [6.45, 7) is 1.89. The highest BCUT2D eigenvalue weighted by Gasteiger charge is 2.23. The van der Waals surface area contributed by atoms with E-state index in [9.17, 15) is 9.59 Å². The van der Waals surface area contributed by atoms with Crippen LogP contribution in [-0.4, -0.2) is 29.1 Å². The van der Waals surface area contributed by atoms with Crippen LogP contribution in [0.15, 0.2) is 12.2 Å². The highest BCUT2D eigenvalue weighted by atomic mass is 16.4. The molecule has 0 aromatic heterocycles. The van der Waals surface area contributed by atoms with Gasteiger partial charge in [-0.25, -0.2) is 0 Å². The molecule has 1 amide bonds. The third kappa shape index (κ3) is 4.99. The van der Waals surface area contributed by atoms with Crippen LogP contribution in [0.1, 0.15) is 32.6 Å². The Balaban J connectivity index is 2.22. The largest absolute Gasteiger partial charge is 0.481 e. The Morgan fingerprint density at radius 1 is 1.53 bits per heavy atom. The molecular formula is C12H20N2O3. The molecule has 3 atom stereocenters. The molecule has 3 unspecified atom stereocenters. The summed E-state index contributed by atoms with van der Waals surface area (Å²) in [7, 11) is 0. The van der Waals surface area contributed by atoms with Crippen molar-refractivity contribution in [1.29, 1.82) is 0 Å². The molecule has 96 valence electrons. The van der Waals surface area contributed by atoms with Crippen molar-refractivity contribution >= 4 is 11.9 Å². The van der Waals surface area contributed by atoms with Crippen molar-refractivity contribution in [3.05, 3.63) is 12.2 Å². The molecule has 1 rings (SSSR count). The van der Waals surface area contributed by atoms with Crippen molar-refractivity contribution in [3.63, 3.8) is 0 Å². The average molecular weight is 240 g/mol. The quantitative estimate of drug-likeness (QED) is 0.594. The number of carboxylic acid groups (broad SMARTS) is 1. The SMILES string of the molecule is CC(CCCC(=O)O)NC(=O)C1C=CC(N)C1. The Kier molecular flexibility index (Phi) is 5.15. The Labute approximate surface area is 101 Å². The highest BCUT2D eigenvalue weighted by molar-refractivity contribution is 5.81. The van der Waals surface area contributed by atoms with Crippen LogP contribution >= 0.6 is 0 Å². The fourth-order valence-electron chi connectivity index (χ4n) is 1.90. The van der Waals surface area contributed by atoms with E-state index >= 15 is 0 Å². The van der Waals surface area contributed by atoms with Gasteiger partial charge in [0.15, 0.2) is 0 Å². The van der Waals surface area contributed by atoms with Gasteiger partial charge in [0, 0.05) is 18.5 Å². The first kappa shape index (κ1) is 13.7. The maximum atomic E-state index is 11.8. The second-order valence-electron chi connectivity index (χ2n) is 4.59. The monoisotopic (exact) mass is 240 g/mol. The molecule has 1 aliphatic carbocycles. The minimum Gasteiger partial charge on any atom is -0.481 e. The summed E-state index contributed by atoms with van der Waals surface area (Å²) in [5.74, 6) is -0.947. The van der Waals surface area contributed by atoms with Crippen LogP contribution < -0.4 is 11.1 Å². The Morgan fingerprint density at radius 2 is 2.24 bits per heavy atom. The van der Waals surface area contributed by atoms with Gasteiger partial charge in [-0.2, -0.15) is 0 Å². The van der Waals surface area contributed by atoms with Crippen LogP contribution in [0.3, 0.4) is 0 Å². The lowest BCUT2D eigenvalue weighted by Crippen LogP contribution is -2.37. The third-order valence-corrected chi connectivity index (χ3v) is 2.87. The number of nitrogens with two attached hydrogens (primary N) is 1. The van der Waals surface area contributed by atoms with Gasteiger partial charge in [-0.1, -0.05) is 12.2 Å². The number of carbonyl (C=O) groups is 2. The van der Waals surface area contributed by atoms with Gasteiger partial charge in [-0.3, -0.25) is 9.59 Å². The summed E-state index contributed by atoms with van der Waals surface area (Å²) in [4.78, 5) is 22.1. The molecule has 0 bridgehead atoms. The van der Waals surface area contributed by atoms with Crippen molar-refractivity contribution in [1.82, 2.24) is 5.32 Å². The predicted octanol–water partition coefficient (Wildman–Crippen LogP) is 0.649. The summed E-state index contributed by atoms with van der Waals surface area (Å²) in [5.41, 5.74) is 5.68. The first-order valence-electron chi connectivity index (χ1n) is 5.95. The topological polar surface area (TPSA) is 92.4 Å². The van der Waals surface area contributed by atoms with E-state index in [0.29, 0.717) is 19.3 Å². The minimum absolute atomic E-state index is 0.00655. The van der Waals surface area contributed by atoms with Gasteiger partial charge in [0.25, 0.3) is 0 Å². The molecule has 0 saturated carbocycles. The highest BCUT2D eigenvalue weighted by Crippen LogP contribution is 2.16. The molecule has 0 spiro atoms. The number of nitrogens with one attached hydrogen (secondary N) is 1. The summed E-state index contributed by atoms with van der Waals surface area (Å²) in [5, 5.41) is 11.4. The molecular weight excluding hydrogens is 220 g/mol. The van der Waals surface area contributed by atoms with Crippen molar-refractivity contribution in [2.75, 3.05) is 0 Å².